The molecule has 68 valence electrons. The second-order valence-electron chi connectivity index (χ2n) is 2.60. The van der Waals surface area contributed by atoms with Crippen molar-refractivity contribution in [1.82, 2.24) is 19.9 Å². The molecule has 0 amide bonds. The Balaban J connectivity index is 2.63. The summed E-state index contributed by atoms with van der Waals surface area (Å²) < 4.78 is 0. The number of nitrogen functional groups attached to an aromatic ring is 1. The van der Waals surface area contributed by atoms with Gasteiger partial charge in [0.25, 0.3) is 0 Å². The van der Waals surface area contributed by atoms with Crippen molar-refractivity contribution in [3.05, 3.63) is 12.0 Å². The van der Waals surface area contributed by atoms with Crippen LogP contribution in [-0.4, -0.2) is 31.6 Å². The summed E-state index contributed by atoms with van der Waals surface area (Å²) in [6, 6.07) is 0. The largest absolute Gasteiger partial charge is 0.396 e. The van der Waals surface area contributed by atoms with Gasteiger partial charge in [0, 0.05) is 13.0 Å². The van der Waals surface area contributed by atoms with Crippen LogP contribution in [0.1, 0.15) is 5.69 Å². The minimum atomic E-state index is 0.0323. The zero-order chi connectivity index (χ0) is 9.26. The maximum atomic E-state index is 8.77. The molecule has 2 heterocycles. The number of H-pyrrole nitrogens is 1. The molecule has 6 nitrogen and oxygen atoms in total. The van der Waals surface area contributed by atoms with Crippen LogP contribution in [0.3, 0.4) is 0 Å². The van der Waals surface area contributed by atoms with Crippen LogP contribution in [0.5, 0.6) is 0 Å². The standard InChI is InChI=1S/C7H9N5O/c8-7-11-4(1-2-13)5-6(12-7)10-3-9-5/h3,13H,1-2H2,(H3,8,9,10,11,12). The van der Waals surface area contributed by atoms with Gasteiger partial charge in [0.2, 0.25) is 5.95 Å². The van der Waals surface area contributed by atoms with E-state index in [4.69, 9.17) is 10.8 Å². The van der Waals surface area contributed by atoms with E-state index in [9.17, 15) is 0 Å². The lowest BCUT2D eigenvalue weighted by Gasteiger charge is -1.99. The van der Waals surface area contributed by atoms with Gasteiger partial charge in [0.1, 0.15) is 5.52 Å². The molecule has 0 spiro atoms. The van der Waals surface area contributed by atoms with E-state index in [1.807, 2.05) is 0 Å². The van der Waals surface area contributed by atoms with E-state index >= 15 is 0 Å². The van der Waals surface area contributed by atoms with E-state index in [2.05, 4.69) is 19.9 Å². The summed E-state index contributed by atoms with van der Waals surface area (Å²) in [6.07, 6.45) is 1.98. The van der Waals surface area contributed by atoms with Crippen molar-refractivity contribution in [2.75, 3.05) is 12.3 Å². The third-order valence-electron chi connectivity index (χ3n) is 1.73. The second-order valence-corrected chi connectivity index (χ2v) is 2.60. The predicted molar refractivity (Wildman–Crippen MR) is 46.9 cm³/mol. The molecule has 4 N–H and O–H groups in total. The fourth-order valence-electron chi connectivity index (χ4n) is 1.20. The number of hydrogen-bond donors (Lipinski definition) is 3. The minimum absolute atomic E-state index is 0.0323. The highest BCUT2D eigenvalue weighted by Crippen LogP contribution is 2.12. The Morgan fingerprint density at radius 2 is 2.31 bits per heavy atom. The fourth-order valence-corrected chi connectivity index (χ4v) is 1.20. The summed E-state index contributed by atoms with van der Waals surface area (Å²) in [5, 5.41) is 8.77. The number of anilines is 1. The van der Waals surface area contributed by atoms with Gasteiger partial charge >= 0.3 is 0 Å². The van der Waals surface area contributed by atoms with Gasteiger partial charge in [-0.1, -0.05) is 0 Å². The number of aliphatic hydroxyl groups is 1. The number of nitrogens with zero attached hydrogens (tertiary/aromatic N) is 3. The van der Waals surface area contributed by atoms with E-state index < -0.39 is 0 Å². The van der Waals surface area contributed by atoms with Crippen molar-refractivity contribution in [3.8, 4) is 0 Å². The van der Waals surface area contributed by atoms with E-state index in [0.29, 0.717) is 17.8 Å². The molecular weight excluding hydrogens is 170 g/mol. The average Bonchev–Trinajstić information content (AvgIpc) is 2.52. The van der Waals surface area contributed by atoms with E-state index in [-0.39, 0.29) is 12.6 Å². The van der Waals surface area contributed by atoms with Gasteiger partial charge in [-0.2, -0.15) is 4.98 Å². The Hall–Kier alpha value is -1.69. The summed E-state index contributed by atoms with van der Waals surface area (Å²) in [7, 11) is 0. The van der Waals surface area contributed by atoms with Crippen molar-refractivity contribution < 1.29 is 5.11 Å². The number of nitrogens with two attached hydrogens (primary N) is 1. The molecule has 0 fully saturated rings. The number of hydrogen-bond acceptors (Lipinski definition) is 5. The third kappa shape index (κ3) is 1.31. The molecule has 0 radical (unpaired) electrons. The van der Waals surface area contributed by atoms with Gasteiger partial charge in [-0.25, -0.2) is 9.97 Å². The Labute approximate surface area is 73.8 Å². The number of aromatic amines is 1. The van der Waals surface area contributed by atoms with Gasteiger partial charge in [-0.15, -0.1) is 0 Å². The molecule has 2 aromatic rings. The molecule has 13 heavy (non-hydrogen) atoms. The SMILES string of the molecule is Nc1nc(CCO)c2[nH]cnc2n1. The van der Waals surface area contributed by atoms with Crippen molar-refractivity contribution in [1.29, 1.82) is 0 Å². The van der Waals surface area contributed by atoms with Crippen LogP contribution in [0.4, 0.5) is 5.95 Å². The van der Waals surface area contributed by atoms with Crippen molar-refractivity contribution in [3.63, 3.8) is 0 Å². The van der Waals surface area contributed by atoms with E-state index in [0.717, 1.165) is 5.52 Å². The topological polar surface area (TPSA) is 101 Å². The van der Waals surface area contributed by atoms with Crippen LogP contribution >= 0.6 is 0 Å². The van der Waals surface area contributed by atoms with Crippen molar-refractivity contribution in [2.45, 2.75) is 6.42 Å². The van der Waals surface area contributed by atoms with E-state index in [1.165, 1.54) is 6.33 Å². The lowest BCUT2D eigenvalue weighted by Crippen LogP contribution is -2.02. The average molecular weight is 179 g/mol. The van der Waals surface area contributed by atoms with Gasteiger partial charge in [0.15, 0.2) is 5.65 Å². The van der Waals surface area contributed by atoms with Crippen molar-refractivity contribution in [2.24, 2.45) is 0 Å². The number of aromatic nitrogens is 4. The first kappa shape index (κ1) is 7.93. The lowest BCUT2D eigenvalue weighted by molar-refractivity contribution is 0.298. The molecule has 0 saturated heterocycles. The van der Waals surface area contributed by atoms with Crippen LogP contribution in [0.25, 0.3) is 11.2 Å². The van der Waals surface area contributed by atoms with Crippen LogP contribution in [0.2, 0.25) is 0 Å². The first-order valence-corrected chi connectivity index (χ1v) is 3.87. The number of nitrogens with one attached hydrogen (secondary N) is 1. The highest BCUT2D eigenvalue weighted by molar-refractivity contribution is 5.73. The zero-order valence-electron chi connectivity index (χ0n) is 6.86. The Morgan fingerprint density at radius 3 is 3.08 bits per heavy atom. The van der Waals surface area contributed by atoms with Crippen LogP contribution in [-0.2, 0) is 6.42 Å². The van der Waals surface area contributed by atoms with Gasteiger partial charge in [-0.3, -0.25) is 0 Å². The molecule has 0 aromatic carbocycles. The lowest BCUT2D eigenvalue weighted by atomic mass is 10.3. The molecule has 0 unspecified atom stereocenters. The first-order chi connectivity index (χ1) is 6.31. The number of rotatable bonds is 2. The van der Waals surface area contributed by atoms with Crippen LogP contribution in [0.15, 0.2) is 6.33 Å². The third-order valence-corrected chi connectivity index (χ3v) is 1.73. The Morgan fingerprint density at radius 1 is 1.46 bits per heavy atom. The van der Waals surface area contributed by atoms with Gasteiger partial charge < -0.3 is 15.8 Å². The zero-order valence-corrected chi connectivity index (χ0v) is 6.86. The maximum absolute atomic E-state index is 8.77. The van der Waals surface area contributed by atoms with Crippen LogP contribution in [0, 0.1) is 0 Å². The highest BCUT2D eigenvalue weighted by atomic mass is 16.3. The number of fused-ring (bicyclic) bond motifs is 1. The van der Waals surface area contributed by atoms with Crippen molar-refractivity contribution >= 4 is 17.1 Å². The summed E-state index contributed by atoms with van der Waals surface area (Å²) in [4.78, 5) is 14.8. The monoisotopic (exact) mass is 179 g/mol. The molecule has 2 rings (SSSR count). The Kier molecular flexibility index (Phi) is 1.82. The Bertz CT molecular complexity index is 424. The quantitative estimate of drug-likeness (QED) is 0.575. The summed E-state index contributed by atoms with van der Waals surface area (Å²) in [5.41, 5.74) is 7.43. The van der Waals surface area contributed by atoms with E-state index in [1.54, 1.807) is 0 Å². The first-order valence-electron chi connectivity index (χ1n) is 3.87. The van der Waals surface area contributed by atoms with Crippen LogP contribution < -0.4 is 5.73 Å². The normalized spacial score (nSPS) is 10.8. The summed E-state index contributed by atoms with van der Waals surface area (Å²) in [5.74, 6) is 0.183. The predicted octanol–water partition coefficient (Wildman–Crippen LogP) is -0.530. The molecular formula is C7H9N5O. The number of imidazole rings is 1. The molecule has 0 aliphatic carbocycles. The number of aliphatic hydroxyl groups excluding tert-OH is 1. The molecule has 0 saturated carbocycles. The second kappa shape index (κ2) is 2.98. The smallest absolute Gasteiger partial charge is 0.222 e. The van der Waals surface area contributed by atoms with Gasteiger partial charge in [0.05, 0.1) is 12.0 Å². The fraction of sp³-hybridized carbons (Fsp3) is 0.286. The highest BCUT2D eigenvalue weighted by Gasteiger charge is 2.06. The minimum Gasteiger partial charge on any atom is -0.396 e. The molecule has 2 aromatic heterocycles. The molecule has 0 aliphatic heterocycles. The molecule has 6 heteroatoms. The van der Waals surface area contributed by atoms with Gasteiger partial charge in [-0.05, 0) is 0 Å². The molecule has 0 aliphatic rings. The molecule has 0 atom stereocenters. The summed E-state index contributed by atoms with van der Waals surface area (Å²) >= 11 is 0. The molecule has 0 bridgehead atoms. The summed E-state index contributed by atoms with van der Waals surface area (Å²) in [6.45, 7) is 0.0323. The maximum Gasteiger partial charge on any atom is 0.222 e.